The van der Waals surface area contributed by atoms with E-state index in [-0.39, 0.29) is 0 Å². The van der Waals surface area contributed by atoms with Crippen LogP contribution in [0.4, 0.5) is 0 Å². The van der Waals surface area contributed by atoms with Crippen LogP contribution in [-0.4, -0.2) is 11.7 Å². The molecule has 0 saturated carbocycles. The van der Waals surface area contributed by atoms with Crippen LogP contribution in [-0.2, 0) is 7.05 Å². The number of fused-ring (bicyclic) bond motifs is 1. The van der Waals surface area contributed by atoms with Gasteiger partial charge in [0.2, 0.25) is 0 Å². The molecule has 1 heterocycles. The van der Waals surface area contributed by atoms with Crippen LogP contribution in [0.25, 0.3) is 10.9 Å². The maximum atomic E-state index is 5.46. The molecule has 0 aliphatic heterocycles. The van der Waals surface area contributed by atoms with Gasteiger partial charge in [0.05, 0.1) is 12.6 Å². The molecule has 0 aliphatic carbocycles. The topological polar surface area (TPSA) is 14.2 Å². The Morgan fingerprint density at radius 3 is 2.75 bits per heavy atom. The monoisotopic (exact) mass is 217 g/mol. The quantitative estimate of drug-likeness (QED) is 0.764. The van der Waals surface area contributed by atoms with Crippen LogP contribution in [0.3, 0.4) is 0 Å². The second-order valence-corrected chi connectivity index (χ2v) is 4.36. The first-order valence-electron chi connectivity index (χ1n) is 5.81. The molecule has 0 saturated heterocycles. The molecule has 0 spiro atoms. The van der Waals surface area contributed by atoms with E-state index >= 15 is 0 Å². The highest BCUT2D eigenvalue weighted by atomic mass is 16.5. The van der Waals surface area contributed by atoms with E-state index in [9.17, 15) is 0 Å². The SMILES string of the molecule is CCC(C)c1cn(C)c2cccc(OC)c12. The van der Waals surface area contributed by atoms with Gasteiger partial charge in [0.15, 0.2) is 0 Å². The standard InChI is InChI=1S/C14H19NO/c1-5-10(2)11-9-15(3)12-7-6-8-13(16-4)14(11)12/h6-10H,5H2,1-4H3. The van der Waals surface area contributed by atoms with Crippen LogP contribution in [0.5, 0.6) is 5.75 Å². The summed E-state index contributed by atoms with van der Waals surface area (Å²) in [6.45, 7) is 4.49. The predicted molar refractivity (Wildman–Crippen MR) is 68.2 cm³/mol. The third-order valence-electron chi connectivity index (χ3n) is 3.37. The molecule has 2 nitrogen and oxygen atoms in total. The van der Waals surface area contributed by atoms with E-state index in [2.05, 4.69) is 37.7 Å². The Morgan fingerprint density at radius 1 is 1.38 bits per heavy atom. The second kappa shape index (κ2) is 4.20. The molecular formula is C14H19NO. The zero-order valence-corrected chi connectivity index (χ0v) is 10.4. The van der Waals surface area contributed by atoms with Crippen LogP contribution in [0.2, 0.25) is 0 Å². The Labute approximate surface area is 96.8 Å². The lowest BCUT2D eigenvalue weighted by atomic mass is 9.98. The van der Waals surface area contributed by atoms with Crippen molar-refractivity contribution in [3.8, 4) is 5.75 Å². The number of hydrogen-bond acceptors (Lipinski definition) is 1. The van der Waals surface area contributed by atoms with Gasteiger partial charge in [-0.3, -0.25) is 0 Å². The summed E-state index contributed by atoms with van der Waals surface area (Å²) in [4.78, 5) is 0. The molecule has 0 amide bonds. The summed E-state index contributed by atoms with van der Waals surface area (Å²) in [5.74, 6) is 1.55. The number of hydrogen-bond donors (Lipinski definition) is 0. The van der Waals surface area contributed by atoms with Crippen LogP contribution in [0.1, 0.15) is 31.7 Å². The minimum Gasteiger partial charge on any atom is -0.496 e. The normalized spacial score (nSPS) is 13.0. The van der Waals surface area contributed by atoms with Crippen molar-refractivity contribution in [3.05, 3.63) is 30.0 Å². The van der Waals surface area contributed by atoms with E-state index < -0.39 is 0 Å². The Morgan fingerprint density at radius 2 is 2.12 bits per heavy atom. The predicted octanol–water partition coefficient (Wildman–Crippen LogP) is 3.70. The molecule has 2 rings (SSSR count). The first kappa shape index (κ1) is 11.1. The molecule has 0 N–H and O–H groups in total. The molecule has 1 aromatic carbocycles. The molecule has 1 atom stereocenters. The molecule has 0 fully saturated rings. The highest BCUT2D eigenvalue weighted by molar-refractivity contribution is 5.90. The van der Waals surface area contributed by atoms with Gasteiger partial charge in [0.25, 0.3) is 0 Å². The average Bonchev–Trinajstić information content (AvgIpc) is 2.66. The van der Waals surface area contributed by atoms with Gasteiger partial charge in [-0.15, -0.1) is 0 Å². The molecule has 0 aliphatic rings. The number of ether oxygens (including phenoxy) is 1. The second-order valence-electron chi connectivity index (χ2n) is 4.36. The van der Waals surface area contributed by atoms with Crippen LogP contribution in [0.15, 0.2) is 24.4 Å². The number of aryl methyl sites for hydroxylation is 1. The summed E-state index contributed by atoms with van der Waals surface area (Å²) in [5.41, 5.74) is 2.63. The fraction of sp³-hybridized carbons (Fsp3) is 0.429. The molecular weight excluding hydrogens is 198 g/mol. The highest BCUT2D eigenvalue weighted by Gasteiger charge is 2.14. The zero-order valence-electron chi connectivity index (χ0n) is 10.4. The fourth-order valence-electron chi connectivity index (χ4n) is 2.21. The summed E-state index contributed by atoms with van der Waals surface area (Å²) in [5, 5.41) is 1.27. The lowest BCUT2D eigenvalue weighted by Gasteiger charge is -2.09. The third kappa shape index (κ3) is 1.58. The maximum Gasteiger partial charge on any atom is 0.128 e. The lowest BCUT2D eigenvalue weighted by Crippen LogP contribution is -1.91. The minimum absolute atomic E-state index is 0.569. The van der Waals surface area contributed by atoms with Crippen molar-refractivity contribution < 1.29 is 4.74 Å². The summed E-state index contributed by atoms with van der Waals surface area (Å²) in [6, 6.07) is 6.22. The van der Waals surface area contributed by atoms with E-state index in [4.69, 9.17) is 4.74 Å². The van der Waals surface area contributed by atoms with Gasteiger partial charge in [-0.05, 0) is 30.0 Å². The third-order valence-corrected chi connectivity index (χ3v) is 3.37. The maximum absolute atomic E-state index is 5.46. The van der Waals surface area contributed by atoms with E-state index in [1.165, 1.54) is 16.5 Å². The van der Waals surface area contributed by atoms with Crippen molar-refractivity contribution in [1.82, 2.24) is 4.57 Å². The average molecular weight is 217 g/mol. The number of nitrogens with zero attached hydrogens (tertiary/aromatic N) is 1. The number of aromatic nitrogens is 1. The van der Waals surface area contributed by atoms with Gasteiger partial charge >= 0.3 is 0 Å². The first-order valence-corrected chi connectivity index (χ1v) is 5.81. The highest BCUT2D eigenvalue weighted by Crippen LogP contribution is 2.35. The fourth-order valence-corrected chi connectivity index (χ4v) is 2.21. The van der Waals surface area contributed by atoms with Gasteiger partial charge in [-0.1, -0.05) is 19.9 Å². The zero-order chi connectivity index (χ0) is 11.7. The van der Waals surface area contributed by atoms with E-state index in [0.717, 1.165) is 12.2 Å². The van der Waals surface area contributed by atoms with Crippen molar-refractivity contribution in [2.24, 2.45) is 7.05 Å². The van der Waals surface area contributed by atoms with Crippen LogP contribution in [0, 0.1) is 0 Å². The Hall–Kier alpha value is -1.44. The van der Waals surface area contributed by atoms with Crippen molar-refractivity contribution in [2.75, 3.05) is 7.11 Å². The Kier molecular flexibility index (Phi) is 2.90. The van der Waals surface area contributed by atoms with Gasteiger partial charge in [-0.2, -0.15) is 0 Å². The van der Waals surface area contributed by atoms with Crippen LogP contribution < -0.4 is 4.74 Å². The summed E-state index contributed by atoms with van der Waals surface area (Å²) in [7, 11) is 3.83. The molecule has 2 heteroatoms. The first-order chi connectivity index (χ1) is 7.69. The molecule has 2 aromatic rings. The molecule has 0 radical (unpaired) electrons. The summed E-state index contributed by atoms with van der Waals surface area (Å²) >= 11 is 0. The number of methoxy groups -OCH3 is 1. The van der Waals surface area contributed by atoms with Gasteiger partial charge < -0.3 is 9.30 Å². The van der Waals surface area contributed by atoms with Crippen molar-refractivity contribution >= 4 is 10.9 Å². The lowest BCUT2D eigenvalue weighted by molar-refractivity contribution is 0.419. The van der Waals surface area contributed by atoms with Gasteiger partial charge in [-0.25, -0.2) is 0 Å². The van der Waals surface area contributed by atoms with Gasteiger partial charge in [0.1, 0.15) is 5.75 Å². The molecule has 1 unspecified atom stereocenters. The minimum atomic E-state index is 0.569. The number of benzene rings is 1. The molecule has 16 heavy (non-hydrogen) atoms. The summed E-state index contributed by atoms with van der Waals surface area (Å²) in [6.07, 6.45) is 3.37. The van der Waals surface area contributed by atoms with E-state index in [1.807, 2.05) is 12.1 Å². The Bertz CT molecular complexity index is 499. The van der Waals surface area contributed by atoms with E-state index in [1.54, 1.807) is 7.11 Å². The summed E-state index contributed by atoms with van der Waals surface area (Å²) < 4.78 is 7.64. The smallest absolute Gasteiger partial charge is 0.128 e. The molecule has 1 aromatic heterocycles. The van der Waals surface area contributed by atoms with E-state index in [0.29, 0.717) is 5.92 Å². The van der Waals surface area contributed by atoms with Crippen LogP contribution >= 0.6 is 0 Å². The Balaban J connectivity index is 2.74. The van der Waals surface area contributed by atoms with Gasteiger partial charge in [0, 0.05) is 18.6 Å². The van der Waals surface area contributed by atoms with Crippen molar-refractivity contribution in [1.29, 1.82) is 0 Å². The largest absolute Gasteiger partial charge is 0.496 e. The van der Waals surface area contributed by atoms with Crippen molar-refractivity contribution in [2.45, 2.75) is 26.2 Å². The molecule has 86 valence electrons. The molecule has 0 bridgehead atoms. The number of rotatable bonds is 3. The van der Waals surface area contributed by atoms with Crippen molar-refractivity contribution in [3.63, 3.8) is 0 Å².